The van der Waals surface area contributed by atoms with Gasteiger partial charge < -0.3 is 19.2 Å². The summed E-state index contributed by atoms with van der Waals surface area (Å²) in [5.41, 5.74) is 0.500. The molecule has 0 saturated carbocycles. The Labute approximate surface area is 164 Å². The number of methoxy groups -OCH3 is 3. The first-order valence-corrected chi connectivity index (χ1v) is 8.49. The topological polar surface area (TPSA) is 60.6 Å². The summed E-state index contributed by atoms with van der Waals surface area (Å²) in [5.74, 6) is 0.726. The number of aromatic amines is 1. The van der Waals surface area contributed by atoms with Gasteiger partial charge in [0.1, 0.15) is 0 Å². The molecule has 3 rings (SSSR count). The van der Waals surface area contributed by atoms with Crippen LogP contribution >= 0.6 is 0 Å². The molecule has 1 heterocycles. The molecular formula is C21H18F3NO4. The molecule has 3 aromatic rings. The van der Waals surface area contributed by atoms with Gasteiger partial charge in [0.25, 0.3) is 0 Å². The fraction of sp³-hybridized carbons (Fsp3) is 0.190. The third-order valence-corrected chi connectivity index (χ3v) is 4.40. The van der Waals surface area contributed by atoms with Crippen molar-refractivity contribution in [3.05, 3.63) is 59.3 Å². The number of ketones is 1. The number of aromatic nitrogens is 1. The Morgan fingerprint density at radius 1 is 1.00 bits per heavy atom. The second-order valence-corrected chi connectivity index (χ2v) is 6.11. The normalized spacial score (nSPS) is 11.8. The zero-order chi connectivity index (χ0) is 21.2. The fourth-order valence-electron chi connectivity index (χ4n) is 2.95. The summed E-state index contributed by atoms with van der Waals surface area (Å²) < 4.78 is 54.2. The molecule has 29 heavy (non-hydrogen) atoms. The summed E-state index contributed by atoms with van der Waals surface area (Å²) in [4.78, 5) is 15.4. The van der Waals surface area contributed by atoms with Crippen molar-refractivity contribution in [3.8, 4) is 17.2 Å². The van der Waals surface area contributed by atoms with Gasteiger partial charge in [0, 0.05) is 22.7 Å². The molecule has 152 valence electrons. The van der Waals surface area contributed by atoms with Crippen LogP contribution in [0.15, 0.2) is 42.6 Å². The zero-order valence-corrected chi connectivity index (χ0v) is 15.9. The largest absolute Gasteiger partial charge is 0.493 e. The molecule has 0 radical (unpaired) electrons. The van der Waals surface area contributed by atoms with Crippen LogP contribution in [-0.4, -0.2) is 32.1 Å². The standard InChI is InChI=1S/C21H18F3NO4/c1-27-18-8-13(9-19(28-2)20(18)29-3)17(26)7-4-12-11-25-16-10-14(21(22,23)24)5-6-15(12)16/h4-11,25H,1-3H3. The lowest BCUT2D eigenvalue weighted by Gasteiger charge is -2.13. The molecule has 0 aliphatic carbocycles. The monoisotopic (exact) mass is 405 g/mol. The molecule has 0 saturated heterocycles. The predicted molar refractivity (Wildman–Crippen MR) is 103 cm³/mol. The summed E-state index contributed by atoms with van der Waals surface area (Å²) in [6.45, 7) is 0. The van der Waals surface area contributed by atoms with Crippen LogP contribution in [0.4, 0.5) is 13.2 Å². The van der Waals surface area contributed by atoms with E-state index in [2.05, 4.69) is 4.98 Å². The van der Waals surface area contributed by atoms with Crippen LogP contribution in [0.2, 0.25) is 0 Å². The Kier molecular flexibility index (Phi) is 5.54. The SMILES string of the molecule is COc1cc(C(=O)C=Cc2c[nH]c3cc(C(F)(F)F)ccc23)cc(OC)c1OC. The number of H-pyrrole nitrogens is 1. The molecular weight excluding hydrogens is 387 g/mol. The van der Waals surface area contributed by atoms with Crippen molar-refractivity contribution >= 4 is 22.8 Å². The average molecular weight is 405 g/mol. The number of benzene rings is 2. The molecule has 5 nitrogen and oxygen atoms in total. The predicted octanol–water partition coefficient (Wildman–Crippen LogP) is 5.11. The van der Waals surface area contributed by atoms with Crippen LogP contribution < -0.4 is 14.2 Å². The zero-order valence-electron chi connectivity index (χ0n) is 15.9. The molecule has 2 aromatic carbocycles. The highest BCUT2D eigenvalue weighted by molar-refractivity contribution is 6.08. The third-order valence-electron chi connectivity index (χ3n) is 4.40. The number of carbonyl (C=O) groups excluding carboxylic acids is 1. The highest BCUT2D eigenvalue weighted by atomic mass is 19.4. The molecule has 0 aliphatic heterocycles. The van der Waals surface area contributed by atoms with Crippen LogP contribution in [0.25, 0.3) is 17.0 Å². The second kappa shape index (κ2) is 7.90. The van der Waals surface area contributed by atoms with Gasteiger partial charge in [0.15, 0.2) is 17.3 Å². The molecule has 0 aliphatic rings. The Morgan fingerprint density at radius 3 is 2.21 bits per heavy atom. The van der Waals surface area contributed by atoms with Crippen molar-refractivity contribution in [1.29, 1.82) is 0 Å². The lowest BCUT2D eigenvalue weighted by molar-refractivity contribution is -0.137. The fourth-order valence-corrected chi connectivity index (χ4v) is 2.95. The lowest BCUT2D eigenvalue weighted by atomic mass is 10.1. The first-order chi connectivity index (χ1) is 13.8. The van der Waals surface area contributed by atoms with Gasteiger partial charge in [0.05, 0.1) is 26.9 Å². The number of nitrogens with one attached hydrogen (secondary N) is 1. The van der Waals surface area contributed by atoms with Gasteiger partial charge in [0.2, 0.25) is 5.75 Å². The molecule has 0 fully saturated rings. The van der Waals surface area contributed by atoms with E-state index in [1.807, 2.05) is 0 Å². The molecule has 0 bridgehead atoms. The third kappa shape index (κ3) is 4.06. The van der Waals surface area contributed by atoms with Crippen LogP contribution in [-0.2, 0) is 6.18 Å². The van der Waals surface area contributed by atoms with Gasteiger partial charge in [-0.25, -0.2) is 0 Å². The molecule has 1 aromatic heterocycles. The van der Waals surface area contributed by atoms with Crippen LogP contribution in [0, 0.1) is 0 Å². The quantitative estimate of drug-likeness (QED) is 0.457. The Bertz CT molecular complexity index is 1060. The highest BCUT2D eigenvalue weighted by Crippen LogP contribution is 2.38. The Hall–Kier alpha value is -3.42. The van der Waals surface area contributed by atoms with Crippen LogP contribution in [0.5, 0.6) is 17.2 Å². The van der Waals surface area contributed by atoms with E-state index in [0.717, 1.165) is 12.1 Å². The molecule has 8 heteroatoms. The Morgan fingerprint density at radius 2 is 1.66 bits per heavy atom. The van der Waals surface area contributed by atoms with E-state index in [0.29, 0.717) is 39.3 Å². The number of allylic oxidation sites excluding steroid dienone is 1. The lowest BCUT2D eigenvalue weighted by Crippen LogP contribution is -2.04. The van der Waals surface area contributed by atoms with Crippen molar-refractivity contribution in [3.63, 3.8) is 0 Å². The summed E-state index contributed by atoms with van der Waals surface area (Å²) >= 11 is 0. The minimum absolute atomic E-state index is 0.315. The summed E-state index contributed by atoms with van der Waals surface area (Å²) in [7, 11) is 4.36. The summed E-state index contributed by atoms with van der Waals surface area (Å²) in [6, 6.07) is 6.47. The molecule has 0 unspecified atom stereocenters. The summed E-state index contributed by atoms with van der Waals surface area (Å²) in [5, 5.41) is 0.576. The van der Waals surface area contributed by atoms with Gasteiger partial charge in [-0.1, -0.05) is 6.07 Å². The smallest absolute Gasteiger partial charge is 0.416 e. The van der Waals surface area contributed by atoms with Crippen molar-refractivity contribution in [1.82, 2.24) is 4.98 Å². The molecule has 0 amide bonds. The first kappa shape index (κ1) is 20.3. The van der Waals surface area contributed by atoms with E-state index in [1.54, 1.807) is 6.20 Å². The molecule has 1 N–H and O–H groups in total. The maximum absolute atomic E-state index is 12.8. The van der Waals surface area contributed by atoms with Gasteiger partial charge in [-0.15, -0.1) is 0 Å². The maximum atomic E-state index is 12.8. The van der Waals surface area contributed by atoms with Crippen molar-refractivity contribution in [2.45, 2.75) is 6.18 Å². The van der Waals surface area contributed by atoms with Crippen molar-refractivity contribution in [2.24, 2.45) is 0 Å². The van der Waals surface area contributed by atoms with Crippen LogP contribution in [0.3, 0.4) is 0 Å². The number of fused-ring (bicyclic) bond motifs is 1. The molecule has 0 atom stereocenters. The maximum Gasteiger partial charge on any atom is 0.416 e. The number of rotatable bonds is 6. The van der Waals surface area contributed by atoms with E-state index in [-0.39, 0.29) is 5.78 Å². The van der Waals surface area contributed by atoms with Gasteiger partial charge >= 0.3 is 6.18 Å². The first-order valence-electron chi connectivity index (χ1n) is 8.49. The van der Waals surface area contributed by atoms with Gasteiger partial charge in [-0.2, -0.15) is 13.2 Å². The average Bonchev–Trinajstić information content (AvgIpc) is 3.12. The number of carbonyl (C=O) groups is 1. The number of ether oxygens (including phenoxy) is 3. The summed E-state index contributed by atoms with van der Waals surface area (Å²) in [6.07, 6.45) is 0.000120. The number of hydrogen-bond donors (Lipinski definition) is 1. The van der Waals surface area contributed by atoms with Crippen LogP contribution in [0.1, 0.15) is 21.5 Å². The number of hydrogen-bond acceptors (Lipinski definition) is 4. The van der Waals surface area contributed by atoms with E-state index in [4.69, 9.17) is 14.2 Å². The minimum atomic E-state index is -4.42. The highest BCUT2D eigenvalue weighted by Gasteiger charge is 2.30. The van der Waals surface area contributed by atoms with Crippen molar-refractivity contribution < 1.29 is 32.2 Å². The van der Waals surface area contributed by atoms with Gasteiger partial charge in [-0.3, -0.25) is 4.79 Å². The molecule has 0 spiro atoms. The second-order valence-electron chi connectivity index (χ2n) is 6.11. The number of halogens is 3. The van der Waals surface area contributed by atoms with Crippen molar-refractivity contribution in [2.75, 3.05) is 21.3 Å². The van der Waals surface area contributed by atoms with E-state index in [9.17, 15) is 18.0 Å². The van der Waals surface area contributed by atoms with E-state index < -0.39 is 11.7 Å². The van der Waals surface area contributed by atoms with E-state index >= 15 is 0 Å². The Balaban J connectivity index is 1.91. The van der Waals surface area contributed by atoms with Gasteiger partial charge in [-0.05, 0) is 42.0 Å². The van der Waals surface area contributed by atoms with E-state index in [1.165, 1.54) is 51.7 Å². The minimum Gasteiger partial charge on any atom is -0.493 e. The number of alkyl halides is 3.